The van der Waals surface area contributed by atoms with Crippen molar-refractivity contribution in [2.45, 2.75) is 40.2 Å². The Morgan fingerprint density at radius 3 is 2.67 bits per heavy atom. The van der Waals surface area contributed by atoms with Crippen molar-refractivity contribution in [2.75, 3.05) is 13.2 Å². The summed E-state index contributed by atoms with van der Waals surface area (Å²) in [4.78, 5) is 16.1. The summed E-state index contributed by atoms with van der Waals surface area (Å²) in [6.07, 6.45) is 0.307. The van der Waals surface area contributed by atoms with E-state index in [-0.39, 0.29) is 18.6 Å². The first kappa shape index (κ1) is 13.7. The van der Waals surface area contributed by atoms with Crippen LogP contribution in [0, 0.1) is 0 Å². The van der Waals surface area contributed by atoms with E-state index in [1.807, 2.05) is 20.8 Å². The molecule has 0 saturated heterocycles. The number of oxime groups is 1. The molecule has 5 nitrogen and oxygen atoms in total. The highest BCUT2D eigenvalue weighted by atomic mass is 16.6. The Bertz CT molecular complexity index is 215. The van der Waals surface area contributed by atoms with E-state index in [2.05, 4.69) is 10.5 Å². The predicted molar refractivity (Wildman–Crippen MR) is 58.6 cm³/mol. The molecule has 0 aromatic heterocycles. The molecule has 0 aromatic carbocycles. The third-order valence-corrected chi connectivity index (χ3v) is 1.42. The van der Waals surface area contributed by atoms with Crippen LogP contribution in [0.1, 0.15) is 34.1 Å². The maximum absolute atomic E-state index is 11.2. The molecule has 0 fully saturated rings. The number of amides is 1. The Kier molecular flexibility index (Phi) is 7.40. The summed E-state index contributed by atoms with van der Waals surface area (Å²) in [6, 6.07) is 0.158. The largest absolute Gasteiger partial charge is 0.479 e. The normalized spacial score (nSPS) is 11.4. The van der Waals surface area contributed by atoms with Gasteiger partial charge in [-0.25, -0.2) is 0 Å². The first-order valence-corrected chi connectivity index (χ1v) is 5.15. The van der Waals surface area contributed by atoms with Crippen molar-refractivity contribution in [3.05, 3.63) is 0 Å². The lowest BCUT2D eigenvalue weighted by Crippen LogP contribution is -2.30. The van der Waals surface area contributed by atoms with Gasteiger partial charge in [-0.1, -0.05) is 5.16 Å². The van der Waals surface area contributed by atoms with E-state index in [0.29, 0.717) is 18.9 Å². The maximum Gasteiger partial charge on any atom is 0.223 e. The van der Waals surface area contributed by atoms with Crippen molar-refractivity contribution in [1.82, 2.24) is 5.32 Å². The van der Waals surface area contributed by atoms with Crippen LogP contribution in [0.15, 0.2) is 5.16 Å². The van der Waals surface area contributed by atoms with Crippen molar-refractivity contribution in [3.8, 4) is 0 Å². The van der Waals surface area contributed by atoms with Crippen molar-refractivity contribution in [1.29, 1.82) is 0 Å². The molecular weight excluding hydrogens is 196 g/mol. The molecule has 0 spiro atoms. The summed E-state index contributed by atoms with van der Waals surface area (Å²) in [5, 5.41) is 6.44. The van der Waals surface area contributed by atoms with Crippen LogP contribution in [0.3, 0.4) is 0 Å². The van der Waals surface area contributed by atoms with Crippen LogP contribution in [0.2, 0.25) is 0 Å². The second kappa shape index (κ2) is 8.08. The molecule has 1 amide bonds. The smallest absolute Gasteiger partial charge is 0.223 e. The van der Waals surface area contributed by atoms with Crippen LogP contribution in [0.4, 0.5) is 0 Å². The zero-order chi connectivity index (χ0) is 11.7. The Labute approximate surface area is 90.8 Å². The van der Waals surface area contributed by atoms with Crippen LogP contribution < -0.4 is 5.32 Å². The summed E-state index contributed by atoms with van der Waals surface area (Å²) < 4.78 is 5.04. The molecule has 15 heavy (non-hydrogen) atoms. The highest BCUT2D eigenvalue weighted by Gasteiger charge is 2.02. The molecule has 0 rings (SSSR count). The SMILES string of the molecule is CCO/C(C)=N/OCCC(=O)NC(C)C. The lowest BCUT2D eigenvalue weighted by molar-refractivity contribution is -0.122. The van der Waals surface area contributed by atoms with E-state index in [4.69, 9.17) is 9.57 Å². The van der Waals surface area contributed by atoms with E-state index >= 15 is 0 Å². The first-order valence-electron chi connectivity index (χ1n) is 5.15. The minimum Gasteiger partial charge on any atom is -0.479 e. The van der Waals surface area contributed by atoms with Gasteiger partial charge in [-0.05, 0) is 20.8 Å². The van der Waals surface area contributed by atoms with Gasteiger partial charge in [0.25, 0.3) is 0 Å². The molecule has 0 heterocycles. The van der Waals surface area contributed by atoms with Gasteiger partial charge in [-0.15, -0.1) is 0 Å². The number of nitrogens with one attached hydrogen (secondary N) is 1. The van der Waals surface area contributed by atoms with Gasteiger partial charge in [-0.3, -0.25) is 4.79 Å². The van der Waals surface area contributed by atoms with Crippen molar-refractivity contribution < 1.29 is 14.4 Å². The molecule has 0 aromatic rings. The fourth-order valence-electron chi connectivity index (χ4n) is 0.904. The Morgan fingerprint density at radius 2 is 2.13 bits per heavy atom. The van der Waals surface area contributed by atoms with Crippen molar-refractivity contribution in [3.63, 3.8) is 0 Å². The summed E-state index contributed by atoms with van der Waals surface area (Å²) in [6.45, 7) is 8.23. The van der Waals surface area contributed by atoms with Gasteiger partial charge in [0.2, 0.25) is 11.8 Å². The molecule has 0 aliphatic rings. The summed E-state index contributed by atoms with van der Waals surface area (Å²) in [5.74, 6) is 0.441. The van der Waals surface area contributed by atoms with Crippen LogP contribution in [-0.4, -0.2) is 31.1 Å². The average Bonchev–Trinajstić information content (AvgIpc) is 2.12. The second-order valence-electron chi connectivity index (χ2n) is 3.35. The van der Waals surface area contributed by atoms with E-state index in [9.17, 15) is 4.79 Å². The quantitative estimate of drug-likeness (QED) is 0.315. The summed E-state index contributed by atoms with van der Waals surface area (Å²) in [7, 11) is 0. The minimum atomic E-state index is -0.0331. The molecule has 1 N–H and O–H groups in total. The molecule has 88 valence electrons. The maximum atomic E-state index is 11.2. The van der Waals surface area contributed by atoms with Gasteiger partial charge < -0.3 is 14.9 Å². The standard InChI is InChI=1S/C10H20N2O3/c1-5-14-9(4)12-15-7-6-10(13)11-8(2)3/h8H,5-7H2,1-4H3,(H,11,13)/b12-9+. The third-order valence-electron chi connectivity index (χ3n) is 1.42. The van der Waals surface area contributed by atoms with Crippen LogP contribution in [0.5, 0.6) is 0 Å². The number of carbonyl (C=O) groups is 1. The molecule has 0 unspecified atom stereocenters. The van der Waals surface area contributed by atoms with Gasteiger partial charge in [0.05, 0.1) is 13.0 Å². The van der Waals surface area contributed by atoms with Crippen LogP contribution >= 0.6 is 0 Å². The number of rotatable bonds is 6. The fourth-order valence-corrected chi connectivity index (χ4v) is 0.904. The van der Waals surface area contributed by atoms with E-state index < -0.39 is 0 Å². The third kappa shape index (κ3) is 9.05. The highest BCUT2D eigenvalue weighted by Crippen LogP contribution is 1.88. The lowest BCUT2D eigenvalue weighted by atomic mass is 10.3. The van der Waals surface area contributed by atoms with Gasteiger partial charge >= 0.3 is 0 Å². The molecule has 0 aliphatic carbocycles. The van der Waals surface area contributed by atoms with Crippen molar-refractivity contribution in [2.24, 2.45) is 5.16 Å². The number of hydrogen-bond donors (Lipinski definition) is 1. The number of ether oxygens (including phenoxy) is 1. The Balaban J connectivity index is 3.53. The fraction of sp³-hybridized carbons (Fsp3) is 0.800. The number of hydrogen-bond acceptors (Lipinski definition) is 4. The van der Waals surface area contributed by atoms with Gasteiger partial charge in [0, 0.05) is 13.0 Å². The molecule has 0 aliphatic heterocycles. The van der Waals surface area contributed by atoms with E-state index in [0.717, 1.165) is 0 Å². The first-order chi connectivity index (χ1) is 7.06. The average molecular weight is 216 g/mol. The Hall–Kier alpha value is -1.26. The van der Waals surface area contributed by atoms with E-state index in [1.54, 1.807) is 6.92 Å². The molecule has 0 radical (unpaired) electrons. The monoisotopic (exact) mass is 216 g/mol. The topological polar surface area (TPSA) is 59.9 Å². The molecule has 0 saturated carbocycles. The Morgan fingerprint density at radius 1 is 1.47 bits per heavy atom. The summed E-state index contributed by atoms with van der Waals surface area (Å²) in [5.41, 5.74) is 0. The zero-order valence-corrected chi connectivity index (χ0v) is 9.87. The zero-order valence-electron chi connectivity index (χ0n) is 9.87. The second-order valence-corrected chi connectivity index (χ2v) is 3.35. The van der Waals surface area contributed by atoms with Crippen LogP contribution in [-0.2, 0) is 14.4 Å². The highest BCUT2D eigenvalue weighted by molar-refractivity contribution is 5.76. The predicted octanol–water partition coefficient (Wildman–Crippen LogP) is 1.29. The van der Waals surface area contributed by atoms with Gasteiger partial charge in [0.15, 0.2) is 0 Å². The molecular formula is C10H20N2O3. The van der Waals surface area contributed by atoms with E-state index in [1.165, 1.54) is 0 Å². The number of carbonyl (C=O) groups excluding carboxylic acids is 1. The van der Waals surface area contributed by atoms with Gasteiger partial charge in [-0.2, -0.15) is 0 Å². The molecule has 0 atom stereocenters. The molecule has 0 bridgehead atoms. The van der Waals surface area contributed by atoms with Gasteiger partial charge in [0.1, 0.15) is 6.61 Å². The summed E-state index contributed by atoms with van der Waals surface area (Å²) >= 11 is 0. The van der Waals surface area contributed by atoms with Crippen LogP contribution in [0.25, 0.3) is 0 Å². The molecule has 5 heteroatoms. The van der Waals surface area contributed by atoms with Crippen molar-refractivity contribution >= 4 is 11.8 Å². The number of nitrogens with zero attached hydrogens (tertiary/aromatic N) is 1. The lowest BCUT2D eigenvalue weighted by Gasteiger charge is -2.07. The minimum absolute atomic E-state index is 0.0331.